The zero-order valence-corrected chi connectivity index (χ0v) is 12.1. The first-order valence-electron chi connectivity index (χ1n) is 6.02. The molecular formula is C13H14N4O3S. The van der Waals surface area contributed by atoms with Crippen molar-refractivity contribution in [3.8, 4) is 5.75 Å². The van der Waals surface area contributed by atoms with Gasteiger partial charge in [-0.2, -0.15) is 0 Å². The Balaban J connectivity index is 2.06. The number of methoxy groups -OCH3 is 1. The summed E-state index contributed by atoms with van der Waals surface area (Å²) in [4.78, 5) is 26.5. The second-order valence-corrected chi connectivity index (χ2v) is 4.87. The van der Waals surface area contributed by atoms with Crippen LogP contribution in [0.25, 0.3) is 0 Å². The minimum Gasteiger partial charge on any atom is -0.495 e. The van der Waals surface area contributed by atoms with Crippen LogP contribution in [0.3, 0.4) is 0 Å². The zero-order valence-electron chi connectivity index (χ0n) is 11.3. The molecule has 2 amide bonds. The van der Waals surface area contributed by atoms with E-state index in [2.05, 4.69) is 15.6 Å². The zero-order chi connectivity index (χ0) is 15.2. The molecule has 2 rings (SSSR count). The molecule has 1 heterocycles. The first kappa shape index (κ1) is 14.8. The van der Waals surface area contributed by atoms with Gasteiger partial charge in [-0.25, -0.2) is 4.98 Å². The Morgan fingerprint density at radius 3 is 2.86 bits per heavy atom. The van der Waals surface area contributed by atoms with E-state index >= 15 is 0 Å². The third-order valence-corrected chi connectivity index (χ3v) is 3.27. The summed E-state index contributed by atoms with van der Waals surface area (Å²) in [6, 6.07) is 7.37. The van der Waals surface area contributed by atoms with Crippen LogP contribution in [0.1, 0.15) is 10.5 Å². The van der Waals surface area contributed by atoms with Gasteiger partial charge in [0, 0.05) is 5.38 Å². The van der Waals surface area contributed by atoms with E-state index in [1.165, 1.54) is 11.3 Å². The smallest absolute Gasteiger partial charge is 0.271 e. The number of nitrogens with one attached hydrogen (secondary N) is 2. The van der Waals surface area contributed by atoms with Crippen molar-refractivity contribution >= 4 is 34.0 Å². The van der Waals surface area contributed by atoms with Crippen molar-refractivity contribution in [2.45, 2.75) is 0 Å². The maximum Gasteiger partial charge on any atom is 0.271 e. The highest BCUT2D eigenvalue weighted by atomic mass is 32.1. The standard InChI is InChI=1S/C13H14N4O3S/c1-20-10-5-3-2-4-8(10)16-13-17-9(7-21-13)12(19)15-6-11(14)18/h2-5,7H,6H2,1H3,(H2,14,18)(H,15,19)(H,16,17). The summed E-state index contributed by atoms with van der Waals surface area (Å²) in [7, 11) is 1.57. The number of carbonyl (C=O) groups is 2. The predicted octanol–water partition coefficient (Wildman–Crippen LogP) is 1.11. The molecule has 4 N–H and O–H groups in total. The van der Waals surface area contributed by atoms with Gasteiger partial charge in [-0.1, -0.05) is 12.1 Å². The molecule has 0 aliphatic heterocycles. The lowest BCUT2D eigenvalue weighted by atomic mass is 10.3. The van der Waals surface area contributed by atoms with Crippen LogP contribution in [0.2, 0.25) is 0 Å². The lowest BCUT2D eigenvalue weighted by Crippen LogP contribution is -2.33. The summed E-state index contributed by atoms with van der Waals surface area (Å²) in [5, 5.41) is 7.59. The lowest BCUT2D eigenvalue weighted by Gasteiger charge is -2.07. The van der Waals surface area contributed by atoms with E-state index < -0.39 is 11.8 Å². The normalized spacial score (nSPS) is 9.95. The monoisotopic (exact) mass is 306 g/mol. The van der Waals surface area contributed by atoms with E-state index in [1.807, 2.05) is 24.3 Å². The quantitative estimate of drug-likeness (QED) is 0.741. The summed E-state index contributed by atoms with van der Waals surface area (Å²) in [6.45, 7) is -0.217. The van der Waals surface area contributed by atoms with Gasteiger partial charge in [-0.3, -0.25) is 9.59 Å². The first-order chi connectivity index (χ1) is 10.1. The highest BCUT2D eigenvalue weighted by Gasteiger charge is 2.12. The Morgan fingerprint density at radius 1 is 1.38 bits per heavy atom. The Bertz CT molecular complexity index is 656. The number of aromatic nitrogens is 1. The molecule has 7 nitrogen and oxygen atoms in total. The highest BCUT2D eigenvalue weighted by Crippen LogP contribution is 2.28. The molecule has 0 saturated carbocycles. The number of hydrogen-bond acceptors (Lipinski definition) is 6. The van der Waals surface area contributed by atoms with Crippen molar-refractivity contribution in [2.24, 2.45) is 5.73 Å². The summed E-state index contributed by atoms with van der Waals surface area (Å²) in [6.07, 6.45) is 0. The lowest BCUT2D eigenvalue weighted by molar-refractivity contribution is -0.117. The van der Waals surface area contributed by atoms with Crippen LogP contribution < -0.4 is 21.1 Å². The molecule has 0 spiro atoms. The molecule has 0 bridgehead atoms. The van der Waals surface area contributed by atoms with Gasteiger partial charge in [-0.15, -0.1) is 11.3 Å². The van der Waals surface area contributed by atoms with E-state index in [-0.39, 0.29) is 12.2 Å². The van der Waals surface area contributed by atoms with Crippen molar-refractivity contribution < 1.29 is 14.3 Å². The summed E-state index contributed by atoms with van der Waals surface area (Å²) in [5.41, 5.74) is 5.93. The average Bonchev–Trinajstić information content (AvgIpc) is 2.94. The van der Waals surface area contributed by atoms with Crippen molar-refractivity contribution in [3.05, 3.63) is 35.3 Å². The fourth-order valence-corrected chi connectivity index (χ4v) is 2.26. The molecule has 0 aliphatic rings. The van der Waals surface area contributed by atoms with Gasteiger partial charge in [0.05, 0.1) is 19.3 Å². The largest absolute Gasteiger partial charge is 0.495 e. The van der Waals surface area contributed by atoms with E-state index in [1.54, 1.807) is 12.5 Å². The van der Waals surface area contributed by atoms with Crippen LogP contribution >= 0.6 is 11.3 Å². The van der Waals surface area contributed by atoms with E-state index in [9.17, 15) is 9.59 Å². The summed E-state index contributed by atoms with van der Waals surface area (Å²) >= 11 is 1.27. The number of ether oxygens (including phenoxy) is 1. The molecule has 1 aromatic carbocycles. The minimum absolute atomic E-state index is 0.217. The number of anilines is 2. The van der Waals surface area contributed by atoms with Gasteiger partial charge in [-0.05, 0) is 12.1 Å². The molecule has 110 valence electrons. The van der Waals surface area contributed by atoms with Crippen LogP contribution in [0.4, 0.5) is 10.8 Å². The van der Waals surface area contributed by atoms with Gasteiger partial charge < -0.3 is 21.1 Å². The van der Waals surface area contributed by atoms with Crippen LogP contribution in [0, 0.1) is 0 Å². The molecule has 0 radical (unpaired) electrons. The average molecular weight is 306 g/mol. The number of thiazole rings is 1. The van der Waals surface area contributed by atoms with E-state index in [0.717, 1.165) is 5.69 Å². The van der Waals surface area contributed by atoms with Gasteiger partial charge in [0.15, 0.2) is 5.13 Å². The molecule has 8 heteroatoms. The van der Waals surface area contributed by atoms with Gasteiger partial charge in [0.2, 0.25) is 5.91 Å². The summed E-state index contributed by atoms with van der Waals surface area (Å²) in [5.74, 6) is -0.378. The topological polar surface area (TPSA) is 106 Å². The van der Waals surface area contributed by atoms with Crippen molar-refractivity contribution in [1.29, 1.82) is 0 Å². The Morgan fingerprint density at radius 2 is 2.14 bits per heavy atom. The minimum atomic E-state index is -0.606. The fourth-order valence-electron chi connectivity index (χ4n) is 1.56. The van der Waals surface area contributed by atoms with Crippen LogP contribution in [-0.4, -0.2) is 30.5 Å². The van der Waals surface area contributed by atoms with Crippen LogP contribution in [0.5, 0.6) is 5.75 Å². The number of nitrogens with zero attached hydrogens (tertiary/aromatic N) is 1. The van der Waals surface area contributed by atoms with Gasteiger partial charge in [0.1, 0.15) is 11.4 Å². The van der Waals surface area contributed by atoms with Crippen LogP contribution in [-0.2, 0) is 4.79 Å². The molecule has 1 aromatic heterocycles. The number of rotatable bonds is 6. The molecular weight excluding hydrogens is 292 g/mol. The van der Waals surface area contributed by atoms with Gasteiger partial charge in [0.25, 0.3) is 5.91 Å². The first-order valence-corrected chi connectivity index (χ1v) is 6.90. The van der Waals surface area contributed by atoms with Crippen molar-refractivity contribution in [1.82, 2.24) is 10.3 Å². The maximum absolute atomic E-state index is 11.7. The number of primary amides is 1. The van der Waals surface area contributed by atoms with Crippen molar-refractivity contribution in [2.75, 3.05) is 19.0 Å². The number of nitrogens with two attached hydrogens (primary N) is 1. The predicted molar refractivity (Wildman–Crippen MR) is 79.9 cm³/mol. The second-order valence-electron chi connectivity index (χ2n) is 4.01. The second kappa shape index (κ2) is 6.71. The van der Waals surface area contributed by atoms with E-state index in [0.29, 0.717) is 10.9 Å². The number of hydrogen-bond donors (Lipinski definition) is 3. The number of carbonyl (C=O) groups excluding carboxylic acids is 2. The number of para-hydroxylation sites is 2. The SMILES string of the molecule is COc1ccccc1Nc1nc(C(=O)NCC(N)=O)cs1. The molecule has 21 heavy (non-hydrogen) atoms. The Hall–Kier alpha value is -2.61. The number of amides is 2. The van der Waals surface area contributed by atoms with E-state index in [4.69, 9.17) is 10.5 Å². The third kappa shape index (κ3) is 3.93. The molecule has 0 unspecified atom stereocenters. The summed E-state index contributed by atoms with van der Waals surface area (Å²) < 4.78 is 5.22. The van der Waals surface area contributed by atoms with Crippen molar-refractivity contribution in [3.63, 3.8) is 0 Å². The fraction of sp³-hybridized carbons (Fsp3) is 0.154. The van der Waals surface area contributed by atoms with Gasteiger partial charge >= 0.3 is 0 Å². The molecule has 0 fully saturated rings. The highest BCUT2D eigenvalue weighted by molar-refractivity contribution is 7.14. The maximum atomic E-state index is 11.7. The third-order valence-electron chi connectivity index (χ3n) is 2.51. The Kier molecular flexibility index (Phi) is 4.72. The molecule has 2 aromatic rings. The molecule has 0 aliphatic carbocycles. The van der Waals surface area contributed by atoms with Crippen LogP contribution in [0.15, 0.2) is 29.6 Å². The molecule has 0 atom stereocenters. The Labute approximate surface area is 125 Å². The number of benzene rings is 1. The molecule has 0 saturated heterocycles.